The van der Waals surface area contributed by atoms with Crippen LogP contribution < -0.4 is 10.6 Å². The molecule has 124 valence electrons. The van der Waals surface area contributed by atoms with Crippen LogP contribution in [0.2, 0.25) is 0 Å². The average Bonchev–Trinajstić information content (AvgIpc) is 3.10. The molecule has 0 fully saturated rings. The molecule has 0 spiro atoms. The quantitative estimate of drug-likeness (QED) is 0.738. The summed E-state index contributed by atoms with van der Waals surface area (Å²) in [6.07, 6.45) is 1.26. The lowest BCUT2D eigenvalue weighted by Crippen LogP contribution is -2.33. The summed E-state index contributed by atoms with van der Waals surface area (Å²) in [6.45, 7) is 4.23. The first-order valence-corrected chi connectivity index (χ1v) is 7.39. The number of nitrogens with zero attached hydrogens (tertiary/aromatic N) is 3. The number of rotatable bonds is 4. The smallest absolute Gasteiger partial charge is 0.308 e. The second kappa shape index (κ2) is 6.11. The van der Waals surface area contributed by atoms with Crippen LogP contribution in [0.1, 0.15) is 34.6 Å². The van der Waals surface area contributed by atoms with Gasteiger partial charge in [0.25, 0.3) is 11.8 Å². The highest BCUT2D eigenvalue weighted by molar-refractivity contribution is 6.22. The van der Waals surface area contributed by atoms with E-state index in [1.165, 1.54) is 17.3 Å². The van der Waals surface area contributed by atoms with Crippen molar-refractivity contribution in [1.29, 1.82) is 0 Å². The number of carbonyl (C=O) groups excluding carboxylic acids is 3. The molecule has 1 aliphatic heterocycles. The molecule has 3 N–H and O–H groups in total. The van der Waals surface area contributed by atoms with E-state index in [0.717, 1.165) is 0 Å². The lowest BCUT2D eigenvalue weighted by molar-refractivity contribution is 0.0636. The van der Waals surface area contributed by atoms with Crippen LogP contribution in [-0.2, 0) is 0 Å². The largest absolute Gasteiger partial charge is 0.326 e. The summed E-state index contributed by atoms with van der Waals surface area (Å²) in [5.41, 5.74) is 1.04. The minimum Gasteiger partial charge on any atom is -0.308 e. The van der Waals surface area contributed by atoms with Gasteiger partial charge in [-0.3, -0.25) is 19.8 Å². The van der Waals surface area contributed by atoms with Gasteiger partial charge in [-0.15, -0.1) is 0 Å². The monoisotopic (exact) mass is 328 g/mol. The molecular formula is C15H16N6O3. The summed E-state index contributed by atoms with van der Waals surface area (Å²) in [5, 5.41) is 11.1. The van der Waals surface area contributed by atoms with Gasteiger partial charge in [0.2, 0.25) is 5.95 Å². The van der Waals surface area contributed by atoms with Crippen LogP contribution in [0.4, 0.5) is 16.4 Å². The van der Waals surface area contributed by atoms with E-state index >= 15 is 0 Å². The minimum absolute atomic E-state index is 0.178. The van der Waals surface area contributed by atoms with Crippen molar-refractivity contribution in [2.45, 2.75) is 13.8 Å². The average molecular weight is 328 g/mol. The predicted octanol–water partition coefficient (Wildman–Crippen LogP) is 1.70. The highest BCUT2D eigenvalue weighted by Crippen LogP contribution is 2.26. The third-order valence-corrected chi connectivity index (χ3v) is 3.42. The number of hydrogen-bond donors (Lipinski definition) is 3. The predicted molar refractivity (Wildman–Crippen MR) is 85.7 cm³/mol. The van der Waals surface area contributed by atoms with Crippen molar-refractivity contribution in [3.63, 3.8) is 0 Å². The van der Waals surface area contributed by atoms with Crippen LogP contribution in [-0.4, -0.2) is 44.5 Å². The fraction of sp³-hybridized carbons (Fsp3) is 0.267. The van der Waals surface area contributed by atoms with Crippen LogP contribution in [0, 0.1) is 5.92 Å². The summed E-state index contributed by atoms with van der Waals surface area (Å²) in [4.78, 5) is 41.5. The lowest BCUT2D eigenvalue weighted by atomic mass is 10.1. The summed E-state index contributed by atoms with van der Waals surface area (Å²) < 4.78 is 0. The Morgan fingerprint density at radius 3 is 2.62 bits per heavy atom. The van der Waals surface area contributed by atoms with Gasteiger partial charge in [-0.2, -0.15) is 10.1 Å². The van der Waals surface area contributed by atoms with Gasteiger partial charge in [0.15, 0.2) is 0 Å². The Morgan fingerprint density at radius 2 is 1.96 bits per heavy atom. The highest BCUT2D eigenvalue weighted by atomic mass is 16.2. The third kappa shape index (κ3) is 2.96. The zero-order valence-corrected chi connectivity index (χ0v) is 13.2. The van der Waals surface area contributed by atoms with Crippen molar-refractivity contribution < 1.29 is 14.4 Å². The number of amides is 4. The molecule has 0 aliphatic carbocycles. The fourth-order valence-corrected chi connectivity index (χ4v) is 2.44. The molecule has 9 nitrogen and oxygen atoms in total. The van der Waals surface area contributed by atoms with Crippen LogP contribution in [0.15, 0.2) is 24.5 Å². The van der Waals surface area contributed by atoms with E-state index < -0.39 is 6.03 Å². The van der Waals surface area contributed by atoms with E-state index in [0.29, 0.717) is 17.8 Å². The number of carbonyl (C=O) groups is 3. The van der Waals surface area contributed by atoms with Crippen LogP contribution >= 0.6 is 0 Å². The van der Waals surface area contributed by atoms with Gasteiger partial charge >= 0.3 is 6.03 Å². The Balaban J connectivity index is 1.76. The number of aromatic nitrogens is 3. The lowest BCUT2D eigenvalue weighted by Gasteiger charge is -2.15. The van der Waals surface area contributed by atoms with Gasteiger partial charge in [0.05, 0.1) is 11.1 Å². The van der Waals surface area contributed by atoms with Crippen molar-refractivity contribution in [2.75, 3.05) is 17.2 Å². The van der Waals surface area contributed by atoms with Crippen LogP contribution in [0.5, 0.6) is 0 Å². The van der Waals surface area contributed by atoms with Crippen LogP contribution in [0.25, 0.3) is 0 Å². The molecule has 3 rings (SSSR count). The van der Waals surface area contributed by atoms with Crippen molar-refractivity contribution in [3.8, 4) is 0 Å². The van der Waals surface area contributed by atoms with E-state index in [1.807, 2.05) is 13.8 Å². The molecule has 0 radical (unpaired) electrons. The van der Waals surface area contributed by atoms with Gasteiger partial charge in [-0.25, -0.2) is 9.89 Å². The molecule has 1 aliphatic rings. The first kappa shape index (κ1) is 15.7. The first-order chi connectivity index (χ1) is 11.5. The molecule has 0 saturated heterocycles. The number of aromatic amines is 1. The molecule has 1 aromatic heterocycles. The number of benzene rings is 1. The van der Waals surface area contributed by atoms with Crippen LogP contribution in [0.3, 0.4) is 0 Å². The molecule has 4 amide bonds. The number of imide groups is 1. The molecular weight excluding hydrogens is 312 g/mol. The Labute approximate surface area is 137 Å². The maximum absolute atomic E-state index is 12.4. The van der Waals surface area contributed by atoms with Crippen molar-refractivity contribution >= 4 is 29.5 Å². The molecule has 9 heteroatoms. The van der Waals surface area contributed by atoms with E-state index in [2.05, 4.69) is 25.8 Å². The number of anilines is 2. The minimum atomic E-state index is -0.539. The summed E-state index contributed by atoms with van der Waals surface area (Å²) in [6, 6.07) is 4.07. The SMILES string of the molecule is CC(C)CN1C(=O)c2ccc(NC(=O)Nc3ncn[nH]3)cc2C1=O. The number of hydrogen-bond acceptors (Lipinski definition) is 5. The Hall–Kier alpha value is -3.23. The zero-order chi connectivity index (χ0) is 17.3. The van der Waals surface area contributed by atoms with Crippen molar-refractivity contribution in [2.24, 2.45) is 5.92 Å². The highest BCUT2D eigenvalue weighted by Gasteiger charge is 2.35. The number of nitrogens with one attached hydrogen (secondary N) is 3. The summed E-state index contributed by atoms with van der Waals surface area (Å²) >= 11 is 0. The topological polar surface area (TPSA) is 120 Å². The number of H-pyrrole nitrogens is 1. The summed E-state index contributed by atoms with van der Waals surface area (Å²) in [7, 11) is 0. The van der Waals surface area contributed by atoms with Gasteiger partial charge in [0.1, 0.15) is 6.33 Å². The van der Waals surface area contributed by atoms with E-state index in [1.54, 1.807) is 12.1 Å². The standard InChI is InChI=1S/C15H16N6O3/c1-8(2)6-21-12(22)10-4-3-9(5-11(10)13(21)23)18-15(24)19-14-16-7-17-20-14/h3-5,7-8H,6H2,1-2H3,(H3,16,17,18,19,20,24). The molecule has 2 heterocycles. The Kier molecular flexibility index (Phi) is 3.98. The van der Waals surface area contributed by atoms with Gasteiger partial charge in [0, 0.05) is 12.2 Å². The maximum Gasteiger partial charge on any atom is 0.326 e. The second-order valence-corrected chi connectivity index (χ2v) is 5.79. The molecule has 0 atom stereocenters. The first-order valence-electron chi connectivity index (χ1n) is 7.39. The van der Waals surface area contributed by atoms with Gasteiger partial charge < -0.3 is 5.32 Å². The molecule has 1 aromatic carbocycles. The molecule has 24 heavy (non-hydrogen) atoms. The molecule has 0 bridgehead atoms. The van der Waals surface area contributed by atoms with E-state index in [4.69, 9.17) is 0 Å². The second-order valence-electron chi connectivity index (χ2n) is 5.79. The number of urea groups is 1. The van der Waals surface area contributed by atoms with Crippen molar-refractivity contribution in [1.82, 2.24) is 20.1 Å². The van der Waals surface area contributed by atoms with E-state index in [9.17, 15) is 14.4 Å². The fourth-order valence-electron chi connectivity index (χ4n) is 2.44. The third-order valence-electron chi connectivity index (χ3n) is 3.42. The molecule has 0 unspecified atom stereocenters. The Morgan fingerprint density at radius 1 is 1.21 bits per heavy atom. The van der Waals surface area contributed by atoms with Gasteiger partial charge in [-0.05, 0) is 24.1 Å². The zero-order valence-electron chi connectivity index (χ0n) is 13.2. The maximum atomic E-state index is 12.4. The summed E-state index contributed by atoms with van der Waals surface area (Å²) in [5.74, 6) is -0.273. The molecule has 2 aromatic rings. The number of fused-ring (bicyclic) bond motifs is 1. The van der Waals surface area contributed by atoms with Gasteiger partial charge in [-0.1, -0.05) is 13.8 Å². The Bertz CT molecular complexity index is 800. The molecule has 0 saturated carbocycles. The van der Waals surface area contributed by atoms with Crippen molar-refractivity contribution in [3.05, 3.63) is 35.7 Å². The normalized spacial score (nSPS) is 13.4. The van der Waals surface area contributed by atoms with E-state index in [-0.39, 0.29) is 29.2 Å².